The Morgan fingerprint density at radius 3 is 2.76 bits per heavy atom. The van der Waals surface area contributed by atoms with Gasteiger partial charge in [-0.1, -0.05) is 41.0 Å². The van der Waals surface area contributed by atoms with Crippen LogP contribution in [0.25, 0.3) is 11.0 Å². The van der Waals surface area contributed by atoms with Gasteiger partial charge < -0.3 is 9.72 Å². The Balaban J connectivity index is 1.76. The highest BCUT2D eigenvalue weighted by molar-refractivity contribution is 7.98. The summed E-state index contributed by atoms with van der Waals surface area (Å²) in [5, 5.41) is 2.01. The maximum absolute atomic E-state index is 6.01. The van der Waals surface area contributed by atoms with Gasteiger partial charge in [-0.25, -0.2) is 4.98 Å². The van der Waals surface area contributed by atoms with E-state index in [0.29, 0.717) is 10.0 Å². The average molecular weight is 339 g/mol. The summed E-state index contributed by atoms with van der Waals surface area (Å²) in [5.74, 6) is 1.58. The van der Waals surface area contributed by atoms with Gasteiger partial charge in [0.05, 0.1) is 28.2 Å². The van der Waals surface area contributed by atoms with Crippen LogP contribution < -0.4 is 4.74 Å². The van der Waals surface area contributed by atoms with E-state index in [-0.39, 0.29) is 0 Å². The molecule has 21 heavy (non-hydrogen) atoms. The molecule has 3 aromatic rings. The normalized spacial score (nSPS) is 11.0. The third kappa shape index (κ3) is 3.28. The molecule has 0 amide bonds. The van der Waals surface area contributed by atoms with Gasteiger partial charge >= 0.3 is 0 Å². The summed E-state index contributed by atoms with van der Waals surface area (Å²) in [6.45, 7) is 0. The number of aromatic nitrogens is 2. The first-order valence-corrected chi connectivity index (χ1v) is 8.00. The zero-order chi connectivity index (χ0) is 14.8. The quantitative estimate of drug-likeness (QED) is 0.666. The molecule has 0 aliphatic carbocycles. The summed E-state index contributed by atoms with van der Waals surface area (Å²) < 4.78 is 5.20. The van der Waals surface area contributed by atoms with Gasteiger partial charge in [-0.3, -0.25) is 0 Å². The Morgan fingerprint density at radius 2 is 2.00 bits per heavy atom. The van der Waals surface area contributed by atoms with Crippen molar-refractivity contribution in [3.8, 4) is 5.75 Å². The van der Waals surface area contributed by atoms with Crippen molar-refractivity contribution in [2.75, 3.05) is 7.11 Å². The van der Waals surface area contributed by atoms with Crippen molar-refractivity contribution in [3.05, 3.63) is 52.0 Å². The lowest BCUT2D eigenvalue weighted by Gasteiger charge is -2.01. The van der Waals surface area contributed by atoms with E-state index in [2.05, 4.69) is 9.97 Å². The Hall–Kier alpha value is -1.36. The molecule has 108 valence electrons. The van der Waals surface area contributed by atoms with Crippen molar-refractivity contribution in [1.29, 1.82) is 0 Å². The topological polar surface area (TPSA) is 37.9 Å². The first kappa shape index (κ1) is 14.6. The van der Waals surface area contributed by atoms with Crippen molar-refractivity contribution in [1.82, 2.24) is 9.97 Å². The number of hydrogen-bond acceptors (Lipinski definition) is 3. The van der Waals surface area contributed by atoms with Crippen LogP contribution in [0.3, 0.4) is 0 Å². The number of ether oxygens (including phenoxy) is 1. The molecule has 3 nitrogen and oxygen atoms in total. The van der Waals surface area contributed by atoms with Crippen molar-refractivity contribution in [2.24, 2.45) is 0 Å². The molecule has 0 atom stereocenters. The zero-order valence-electron chi connectivity index (χ0n) is 11.2. The second kappa shape index (κ2) is 6.18. The number of hydrogen-bond donors (Lipinski definition) is 1. The average Bonchev–Trinajstić information content (AvgIpc) is 2.90. The Labute approximate surface area is 136 Å². The predicted molar refractivity (Wildman–Crippen MR) is 88.7 cm³/mol. The Bertz CT molecular complexity index is 788. The molecule has 1 aromatic heterocycles. The third-order valence-corrected chi connectivity index (χ3v) is 4.71. The van der Waals surface area contributed by atoms with Crippen LogP contribution in [0.5, 0.6) is 5.75 Å². The fourth-order valence-electron chi connectivity index (χ4n) is 1.94. The van der Waals surface area contributed by atoms with Gasteiger partial charge in [-0.2, -0.15) is 0 Å². The van der Waals surface area contributed by atoms with E-state index >= 15 is 0 Å². The molecule has 3 rings (SSSR count). The second-order valence-electron chi connectivity index (χ2n) is 4.46. The molecule has 0 aliphatic rings. The molecule has 6 heteroatoms. The minimum atomic E-state index is 0.571. The third-order valence-electron chi connectivity index (χ3n) is 3.03. The number of fused-ring (bicyclic) bond motifs is 1. The number of halogens is 2. The Morgan fingerprint density at radius 1 is 1.14 bits per heavy atom. The van der Waals surface area contributed by atoms with E-state index in [0.717, 1.165) is 33.3 Å². The molecule has 0 fully saturated rings. The molecule has 0 aliphatic heterocycles. The molecule has 0 radical (unpaired) electrons. The molecule has 0 saturated heterocycles. The number of aromatic amines is 1. The van der Waals surface area contributed by atoms with Gasteiger partial charge in [0.15, 0.2) is 5.16 Å². The van der Waals surface area contributed by atoms with Crippen molar-refractivity contribution >= 4 is 46.0 Å². The first-order valence-electron chi connectivity index (χ1n) is 6.26. The lowest BCUT2D eigenvalue weighted by molar-refractivity contribution is 0.415. The van der Waals surface area contributed by atoms with E-state index < -0.39 is 0 Å². The number of rotatable bonds is 4. The van der Waals surface area contributed by atoms with Crippen LogP contribution in [0.1, 0.15) is 5.56 Å². The minimum Gasteiger partial charge on any atom is -0.497 e. The number of imidazole rings is 1. The van der Waals surface area contributed by atoms with Crippen LogP contribution in [0.4, 0.5) is 0 Å². The highest BCUT2D eigenvalue weighted by Crippen LogP contribution is 2.28. The van der Waals surface area contributed by atoms with Gasteiger partial charge in [0.1, 0.15) is 5.75 Å². The number of benzene rings is 2. The molecule has 0 spiro atoms. The standard InChI is InChI=1S/C15H12Cl2N2OS/c1-20-10-3-5-13-14(7-10)19-15(18-13)21-8-9-2-4-11(16)12(17)6-9/h2-7H,8H2,1H3,(H,18,19). The SMILES string of the molecule is COc1ccc2nc(SCc3ccc(Cl)c(Cl)c3)[nH]c2c1. The Kier molecular flexibility index (Phi) is 4.29. The highest BCUT2D eigenvalue weighted by Gasteiger charge is 2.06. The number of nitrogens with one attached hydrogen (secondary N) is 1. The number of thioether (sulfide) groups is 1. The molecule has 0 bridgehead atoms. The lowest BCUT2D eigenvalue weighted by Crippen LogP contribution is -1.82. The van der Waals surface area contributed by atoms with E-state index in [9.17, 15) is 0 Å². The van der Waals surface area contributed by atoms with Gasteiger partial charge in [-0.15, -0.1) is 0 Å². The molecule has 1 N–H and O–H groups in total. The fourth-order valence-corrected chi connectivity index (χ4v) is 3.09. The minimum absolute atomic E-state index is 0.571. The lowest BCUT2D eigenvalue weighted by atomic mass is 10.2. The number of H-pyrrole nitrogens is 1. The monoisotopic (exact) mass is 338 g/mol. The number of nitrogens with zero attached hydrogens (tertiary/aromatic N) is 1. The zero-order valence-corrected chi connectivity index (χ0v) is 13.5. The molecule has 0 unspecified atom stereocenters. The summed E-state index contributed by atoms with van der Waals surface area (Å²) in [6, 6.07) is 11.4. The van der Waals surface area contributed by atoms with Crippen LogP contribution in [-0.2, 0) is 5.75 Å². The largest absolute Gasteiger partial charge is 0.497 e. The van der Waals surface area contributed by atoms with Crippen LogP contribution >= 0.6 is 35.0 Å². The summed E-state index contributed by atoms with van der Waals surface area (Å²) in [6.07, 6.45) is 0. The van der Waals surface area contributed by atoms with Gasteiger partial charge in [0, 0.05) is 11.8 Å². The maximum Gasteiger partial charge on any atom is 0.166 e. The molecular formula is C15H12Cl2N2OS. The van der Waals surface area contributed by atoms with Crippen LogP contribution in [-0.4, -0.2) is 17.1 Å². The molecular weight excluding hydrogens is 327 g/mol. The summed E-state index contributed by atoms with van der Waals surface area (Å²) in [5.41, 5.74) is 2.99. The van der Waals surface area contributed by atoms with Crippen LogP contribution in [0, 0.1) is 0 Å². The fraction of sp³-hybridized carbons (Fsp3) is 0.133. The predicted octanol–water partition coefficient (Wildman–Crippen LogP) is 5.17. The van der Waals surface area contributed by atoms with Crippen LogP contribution in [0.2, 0.25) is 10.0 Å². The van der Waals surface area contributed by atoms with E-state index in [1.54, 1.807) is 18.9 Å². The molecule has 2 aromatic carbocycles. The van der Waals surface area contributed by atoms with E-state index in [4.69, 9.17) is 27.9 Å². The summed E-state index contributed by atoms with van der Waals surface area (Å²) in [7, 11) is 1.65. The molecule has 0 saturated carbocycles. The van der Waals surface area contributed by atoms with E-state index in [1.165, 1.54) is 0 Å². The van der Waals surface area contributed by atoms with Gasteiger partial charge in [0.25, 0.3) is 0 Å². The van der Waals surface area contributed by atoms with Gasteiger partial charge in [0.2, 0.25) is 0 Å². The first-order chi connectivity index (χ1) is 10.2. The second-order valence-corrected chi connectivity index (χ2v) is 6.24. The summed E-state index contributed by atoms with van der Waals surface area (Å²) >= 11 is 13.5. The van der Waals surface area contributed by atoms with Crippen molar-refractivity contribution in [2.45, 2.75) is 10.9 Å². The summed E-state index contributed by atoms with van der Waals surface area (Å²) in [4.78, 5) is 7.82. The van der Waals surface area contributed by atoms with E-state index in [1.807, 2.05) is 36.4 Å². The highest BCUT2D eigenvalue weighted by atomic mass is 35.5. The molecule has 1 heterocycles. The van der Waals surface area contributed by atoms with Crippen LogP contribution in [0.15, 0.2) is 41.6 Å². The maximum atomic E-state index is 6.01. The smallest absolute Gasteiger partial charge is 0.166 e. The van der Waals surface area contributed by atoms with Gasteiger partial charge in [-0.05, 0) is 29.8 Å². The number of methoxy groups -OCH3 is 1. The van der Waals surface area contributed by atoms with Crippen molar-refractivity contribution < 1.29 is 4.74 Å². The van der Waals surface area contributed by atoms with Crippen molar-refractivity contribution in [3.63, 3.8) is 0 Å².